The van der Waals surface area contributed by atoms with Crippen molar-refractivity contribution in [2.45, 2.75) is 39.4 Å². The fourth-order valence-corrected chi connectivity index (χ4v) is 4.35. The Kier molecular flexibility index (Phi) is 6.88. The predicted octanol–water partition coefficient (Wildman–Crippen LogP) is 3.47. The molecule has 0 saturated carbocycles. The van der Waals surface area contributed by atoms with Gasteiger partial charge in [0, 0.05) is 32.2 Å². The highest BCUT2D eigenvalue weighted by Gasteiger charge is 2.36. The number of rotatable bonds is 6. The molecule has 1 saturated heterocycles. The van der Waals surface area contributed by atoms with Crippen molar-refractivity contribution in [3.05, 3.63) is 57.5 Å². The summed E-state index contributed by atoms with van der Waals surface area (Å²) in [4.78, 5) is 31.5. The van der Waals surface area contributed by atoms with Crippen molar-refractivity contribution in [2.75, 3.05) is 31.7 Å². The molecule has 3 rings (SSSR count). The Morgan fingerprint density at radius 1 is 1.24 bits per heavy atom. The quantitative estimate of drug-likeness (QED) is 0.704. The topological polar surface area (TPSA) is 90.4 Å². The number of hydrogen-bond donors (Lipinski definition) is 1. The number of halogens is 3. The molecule has 1 aromatic carbocycles. The minimum Gasteiger partial charge on any atom is -0.384 e. The monoisotopic (exact) mass is 466 g/mol. The molecule has 1 fully saturated rings. The molecule has 0 aliphatic carbocycles. The van der Waals surface area contributed by atoms with Crippen LogP contribution in [0.15, 0.2) is 35.1 Å². The Balaban J connectivity index is 2.18. The van der Waals surface area contributed by atoms with E-state index in [1.165, 1.54) is 16.7 Å². The van der Waals surface area contributed by atoms with Crippen molar-refractivity contribution in [3.8, 4) is 0 Å². The van der Waals surface area contributed by atoms with Crippen LogP contribution in [0.4, 0.5) is 19.1 Å². The number of alkyl halides is 3. The summed E-state index contributed by atoms with van der Waals surface area (Å²) in [5, 5.41) is 0. The maximum atomic E-state index is 13.3. The molecular weight excluding hydrogens is 437 g/mol. The Hall–Kier alpha value is -2.88. The standard InChI is InChI=1S/C23H29F3N4O3/c1-22(2,3)19(15-5-7-16(8-6-15)23(24,25)26)30-18(31)11-17(20(27)32)28-21(30)29-10-9-14(12-29)13-33-4/h5-8,11,14,19H,9-10,12-13H2,1-4H3,(H2,27,32)/t14?,19-/m0/s1. The van der Waals surface area contributed by atoms with Gasteiger partial charge in [0.2, 0.25) is 5.95 Å². The third-order valence-corrected chi connectivity index (χ3v) is 5.79. The molecule has 1 aromatic heterocycles. The van der Waals surface area contributed by atoms with Gasteiger partial charge in [0.1, 0.15) is 5.69 Å². The lowest BCUT2D eigenvalue weighted by molar-refractivity contribution is -0.137. The average Bonchev–Trinajstić information content (AvgIpc) is 3.16. The lowest BCUT2D eigenvalue weighted by Crippen LogP contribution is -2.39. The minimum absolute atomic E-state index is 0.151. The molecule has 1 amide bonds. The van der Waals surface area contributed by atoms with Gasteiger partial charge in [-0.1, -0.05) is 32.9 Å². The molecule has 2 N–H and O–H groups in total. The maximum absolute atomic E-state index is 13.3. The van der Waals surface area contributed by atoms with Crippen molar-refractivity contribution < 1.29 is 22.7 Å². The van der Waals surface area contributed by atoms with Crippen molar-refractivity contribution in [2.24, 2.45) is 17.1 Å². The first-order valence-corrected chi connectivity index (χ1v) is 10.7. The number of methoxy groups -OCH3 is 1. The smallest absolute Gasteiger partial charge is 0.384 e. The van der Waals surface area contributed by atoms with Crippen LogP contribution in [0.25, 0.3) is 0 Å². The molecule has 0 spiro atoms. The van der Waals surface area contributed by atoms with Gasteiger partial charge in [-0.05, 0) is 29.5 Å². The zero-order valence-corrected chi connectivity index (χ0v) is 19.1. The molecule has 1 aliphatic heterocycles. The van der Waals surface area contributed by atoms with Crippen LogP contribution in [-0.4, -0.2) is 42.3 Å². The van der Waals surface area contributed by atoms with E-state index in [1.54, 1.807) is 7.11 Å². The van der Waals surface area contributed by atoms with Gasteiger partial charge in [-0.2, -0.15) is 13.2 Å². The van der Waals surface area contributed by atoms with Crippen LogP contribution in [0.2, 0.25) is 0 Å². The number of nitrogens with zero attached hydrogens (tertiary/aromatic N) is 3. The van der Waals surface area contributed by atoms with Gasteiger partial charge < -0.3 is 15.4 Å². The summed E-state index contributed by atoms with van der Waals surface area (Å²) in [5.41, 5.74) is 3.95. The minimum atomic E-state index is -4.46. The normalized spacial score (nSPS) is 17.9. The van der Waals surface area contributed by atoms with Crippen LogP contribution < -0.4 is 16.2 Å². The van der Waals surface area contributed by atoms with Crippen LogP contribution >= 0.6 is 0 Å². The van der Waals surface area contributed by atoms with E-state index >= 15 is 0 Å². The van der Waals surface area contributed by atoms with E-state index in [1.807, 2.05) is 25.7 Å². The van der Waals surface area contributed by atoms with E-state index in [0.29, 0.717) is 25.3 Å². The molecule has 0 bridgehead atoms. The van der Waals surface area contributed by atoms with Gasteiger partial charge in [-0.15, -0.1) is 0 Å². The number of amides is 1. The third-order valence-electron chi connectivity index (χ3n) is 5.79. The number of aromatic nitrogens is 2. The molecule has 0 radical (unpaired) electrons. The summed E-state index contributed by atoms with van der Waals surface area (Å²) in [5.74, 6) is -0.332. The summed E-state index contributed by atoms with van der Waals surface area (Å²) in [7, 11) is 1.62. The average molecular weight is 467 g/mol. The zero-order chi connectivity index (χ0) is 24.6. The fourth-order valence-electron chi connectivity index (χ4n) is 4.35. The highest BCUT2D eigenvalue weighted by atomic mass is 19.4. The molecule has 180 valence electrons. The Morgan fingerprint density at radius 3 is 2.39 bits per heavy atom. The predicted molar refractivity (Wildman–Crippen MR) is 118 cm³/mol. The fraction of sp³-hybridized carbons (Fsp3) is 0.522. The second-order valence-electron chi connectivity index (χ2n) is 9.46. The number of ether oxygens (including phenoxy) is 1. The first-order valence-electron chi connectivity index (χ1n) is 10.7. The Morgan fingerprint density at radius 2 is 1.88 bits per heavy atom. The van der Waals surface area contributed by atoms with Crippen LogP contribution in [0, 0.1) is 11.3 Å². The van der Waals surface area contributed by atoms with Crippen molar-refractivity contribution in [3.63, 3.8) is 0 Å². The highest BCUT2D eigenvalue weighted by Crippen LogP contribution is 2.39. The molecule has 1 aliphatic rings. The molecule has 2 aromatic rings. The number of nitrogens with two attached hydrogens (primary N) is 1. The largest absolute Gasteiger partial charge is 0.416 e. The number of anilines is 1. The summed E-state index contributed by atoms with van der Waals surface area (Å²) in [6.07, 6.45) is -3.65. The Bertz CT molecular complexity index is 1060. The van der Waals surface area contributed by atoms with E-state index in [-0.39, 0.29) is 17.6 Å². The van der Waals surface area contributed by atoms with Crippen molar-refractivity contribution >= 4 is 11.9 Å². The first-order chi connectivity index (χ1) is 15.3. The number of primary amides is 1. The van der Waals surface area contributed by atoms with E-state index in [0.717, 1.165) is 24.6 Å². The van der Waals surface area contributed by atoms with Gasteiger partial charge in [-0.3, -0.25) is 14.2 Å². The maximum Gasteiger partial charge on any atom is 0.416 e. The van der Waals surface area contributed by atoms with Gasteiger partial charge in [0.05, 0.1) is 18.2 Å². The number of hydrogen-bond acceptors (Lipinski definition) is 5. The number of benzene rings is 1. The summed E-state index contributed by atoms with van der Waals surface area (Å²) in [6, 6.07) is 5.22. The van der Waals surface area contributed by atoms with Gasteiger partial charge in [0.15, 0.2) is 0 Å². The second-order valence-corrected chi connectivity index (χ2v) is 9.46. The zero-order valence-electron chi connectivity index (χ0n) is 19.1. The van der Waals surface area contributed by atoms with Crippen LogP contribution in [0.3, 0.4) is 0 Å². The van der Waals surface area contributed by atoms with Crippen molar-refractivity contribution in [1.29, 1.82) is 0 Å². The van der Waals surface area contributed by atoms with Crippen LogP contribution in [0.1, 0.15) is 54.8 Å². The molecule has 10 heteroatoms. The molecule has 2 atom stereocenters. The molecule has 2 heterocycles. The lowest BCUT2D eigenvalue weighted by Gasteiger charge is -2.36. The second kappa shape index (κ2) is 9.17. The highest BCUT2D eigenvalue weighted by molar-refractivity contribution is 5.90. The lowest BCUT2D eigenvalue weighted by atomic mass is 9.81. The van der Waals surface area contributed by atoms with Gasteiger partial charge in [0.25, 0.3) is 11.5 Å². The summed E-state index contributed by atoms with van der Waals surface area (Å²) < 4.78 is 46.0. The third kappa shape index (κ3) is 5.38. The van der Waals surface area contributed by atoms with E-state index in [9.17, 15) is 22.8 Å². The number of carbonyl (C=O) groups is 1. The summed E-state index contributed by atoms with van der Waals surface area (Å²) >= 11 is 0. The van der Waals surface area contributed by atoms with Gasteiger partial charge >= 0.3 is 6.18 Å². The molecule has 33 heavy (non-hydrogen) atoms. The van der Waals surface area contributed by atoms with E-state index in [2.05, 4.69) is 4.98 Å². The van der Waals surface area contributed by atoms with Crippen LogP contribution in [0.5, 0.6) is 0 Å². The molecule has 7 nitrogen and oxygen atoms in total. The van der Waals surface area contributed by atoms with Crippen LogP contribution in [-0.2, 0) is 10.9 Å². The van der Waals surface area contributed by atoms with Crippen molar-refractivity contribution in [1.82, 2.24) is 9.55 Å². The number of carbonyl (C=O) groups excluding carboxylic acids is 1. The molecular formula is C23H29F3N4O3. The first kappa shape index (κ1) is 24.8. The molecule has 1 unspecified atom stereocenters. The SMILES string of the molecule is COCC1CCN(c2nc(C(N)=O)cc(=O)n2[C@@H](c2ccc(C(F)(F)F)cc2)C(C)(C)C)C1. The van der Waals surface area contributed by atoms with Gasteiger partial charge in [-0.25, -0.2) is 4.98 Å². The van der Waals surface area contributed by atoms with E-state index in [4.69, 9.17) is 10.5 Å². The Labute approximate surface area is 190 Å². The van der Waals surface area contributed by atoms with E-state index < -0.39 is 34.7 Å². The summed E-state index contributed by atoms with van der Waals surface area (Å²) in [6.45, 7) is 7.37.